The molecule has 0 amide bonds. The molecule has 2 atom stereocenters. The molecule has 1 aromatic heterocycles. The summed E-state index contributed by atoms with van der Waals surface area (Å²) in [6, 6.07) is 0.510. The molecule has 4 nitrogen and oxygen atoms in total. The molecule has 1 aliphatic rings. The van der Waals surface area contributed by atoms with Crippen molar-refractivity contribution in [2.45, 2.75) is 64.8 Å². The quantitative estimate of drug-likeness (QED) is 0.877. The minimum Gasteiger partial charge on any atom is -0.381 e. The molecule has 0 bridgehead atoms. The molecule has 0 aromatic carbocycles. The number of nitrogen functional groups attached to an aromatic ring is 1. The number of hydrogen-bond acceptors (Lipinski definition) is 3. The maximum absolute atomic E-state index is 5.94. The lowest BCUT2D eigenvalue weighted by molar-refractivity contribution is 0.209. The Hall–Kier alpha value is -1.06. The molecule has 1 heterocycles. The van der Waals surface area contributed by atoms with Crippen LogP contribution >= 0.6 is 0 Å². The van der Waals surface area contributed by atoms with Gasteiger partial charge in [-0.25, -0.2) is 4.68 Å². The SMILES string of the molecule is CCC1CCCCC1n1nnc(N)c1C(C)C. The summed E-state index contributed by atoms with van der Waals surface area (Å²) in [5.74, 6) is 1.74. The van der Waals surface area contributed by atoms with Crippen molar-refractivity contribution in [2.75, 3.05) is 5.73 Å². The van der Waals surface area contributed by atoms with Gasteiger partial charge in [-0.15, -0.1) is 5.10 Å². The van der Waals surface area contributed by atoms with E-state index in [1.165, 1.54) is 32.1 Å². The van der Waals surface area contributed by atoms with Crippen LogP contribution in [-0.4, -0.2) is 15.0 Å². The summed E-state index contributed by atoms with van der Waals surface area (Å²) in [6.07, 6.45) is 6.43. The van der Waals surface area contributed by atoms with E-state index >= 15 is 0 Å². The highest BCUT2D eigenvalue weighted by molar-refractivity contribution is 5.35. The van der Waals surface area contributed by atoms with Gasteiger partial charge in [-0.3, -0.25) is 0 Å². The summed E-state index contributed by atoms with van der Waals surface area (Å²) in [4.78, 5) is 0. The van der Waals surface area contributed by atoms with Crippen LogP contribution in [0.4, 0.5) is 5.82 Å². The van der Waals surface area contributed by atoms with Crippen LogP contribution in [0.1, 0.15) is 70.5 Å². The van der Waals surface area contributed by atoms with E-state index in [9.17, 15) is 0 Å². The maximum atomic E-state index is 5.94. The number of nitrogens with zero attached hydrogens (tertiary/aromatic N) is 3. The van der Waals surface area contributed by atoms with Crippen LogP contribution in [0.25, 0.3) is 0 Å². The van der Waals surface area contributed by atoms with Gasteiger partial charge in [0.05, 0.1) is 11.7 Å². The molecule has 2 rings (SSSR count). The van der Waals surface area contributed by atoms with Gasteiger partial charge in [-0.1, -0.05) is 45.2 Å². The van der Waals surface area contributed by atoms with Crippen LogP contribution in [0, 0.1) is 5.92 Å². The van der Waals surface area contributed by atoms with Gasteiger partial charge >= 0.3 is 0 Å². The van der Waals surface area contributed by atoms with E-state index in [4.69, 9.17) is 5.73 Å². The first-order valence-corrected chi connectivity index (χ1v) is 6.85. The van der Waals surface area contributed by atoms with Gasteiger partial charge in [0.25, 0.3) is 0 Å². The van der Waals surface area contributed by atoms with Crippen LogP contribution in [0.5, 0.6) is 0 Å². The van der Waals surface area contributed by atoms with Crippen molar-refractivity contribution in [3.63, 3.8) is 0 Å². The Bertz CT molecular complexity index is 369. The van der Waals surface area contributed by atoms with Gasteiger partial charge in [0.1, 0.15) is 0 Å². The second-order valence-corrected chi connectivity index (χ2v) is 5.48. The molecule has 2 unspecified atom stereocenters. The third-order valence-corrected chi connectivity index (χ3v) is 4.01. The van der Waals surface area contributed by atoms with Crippen molar-refractivity contribution in [1.82, 2.24) is 15.0 Å². The van der Waals surface area contributed by atoms with Gasteiger partial charge in [-0.05, 0) is 24.7 Å². The van der Waals surface area contributed by atoms with E-state index in [0.717, 1.165) is 11.6 Å². The van der Waals surface area contributed by atoms with Gasteiger partial charge < -0.3 is 5.73 Å². The first-order valence-electron chi connectivity index (χ1n) is 6.85. The fraction of sp³-hybridized carbons (Fsp3) is 0.846. The van der Waals surface area contributed by atoms with Crippen LogP contribution < -0.4 is 5.73 Å². The first kappa shape index (κ1) is 12.4. The summed E-state index contributed by atoms with van der Waals surface area (Å²) in [7, 11) is 0. The third-order valence-electron chi connectivity index (χ3n) is 4.01. The highest BCUT2D eigenvalue weighted by Gasteiger charge is 2.29. The van der Waals surface area contributed by atoms with Crippen molar-refractivity contribution in [3.05, 3.63) is 5.69 Å². The van der Waals surface area contributed by atoms with Gasteiger partial charge in [-0.2, -0.15) is 0 Å². The standard InChI is InChI=1S/C13H24N4/c1-4-10-7-5-6-8-11(10)17-12(9(2)3)13(14)15-16-17/h9-11H,4-8,14H2,1-3H3. The maximum Gasteiger partial charge on any atom is 0.169 e. The molecule has 0 spiro atoms. The molecular formula is C13H24N4. The molecule has 4 heteroatoms. The smallest absolute Gasteiger partial charge is 0.169 e. The van der Waals surface area contributed by atoms with Crippen LogP contribution in [0.3, 0.4) is 0 Å². The van der Waals surface area contributed by atoms with E-state index in [1.807, 2.05) is 0 Å². The van der Waals surface area contributed by atoms with Crippen molar-refractivity contribution in [2.24, 2.45) is 5.92 Å². The first-order chi connectivity index (χ1) is 8.15. The Labute approximate surface area is 104 Å². The third kappa shape index (κ3) is 2.31. The van der Waals surface area contributed by atoms with Crippen LogP contribution in [0.15, 0.2) is 0 Å². The zero-order valence-electron chi connectivity index (χ0n) is 11.2. The second kappa shape index (κ2) is 5.07. The van der Waals surface area contributed by atoms with Gasteiger partial charge in [0.15, 0.2) is 5.82 Å². The molecule has 2 N–H and O–H groups in total. The van der Waals surface area contributed by atoms with Crippen molar-refractivity contribution in [1.29, 1.82) is 0 Å². The lowest BCUT2D eigenvalue weighted by Gasteiger charge is -2.32. The topological polar surface area (TPSA) is 56.7 Å². The highest BCUT2D eigenvalue weighted by Crippen LogP contribution is 2.37. The molecule has 1 aliphatic carbocycles. The highest BCUT2D eigenvalue weighted by atomic mass is 15.5. The zero-order valence-corrected chi connectivity index (χ0v) is 11.2. The van der Waals surface area contributed by atoms with E-state index in [-0.39, 0.29) is 0 Å². The number of anilines is 1. The molecule has 1 fully saturated rings. The minimum absolute atomic E-state index is 0.393. The average molecular weight is 236 g/mol. The summed E-state index contributed by atoms with van der Waals surface area (Å²) >= 11 is 0. The molecule has 1 saturated carbocycles. The second-order valence-electron chi connectivity index (χ2n) is 5.48. The minimum atomic E-state index is 0.393. The fourth-order valence-corrected chi connectivity index (χ4v) is 3.10. The Morgan fingerprint density at radius 2 is 2.06 bits per heavy atom. The van der Waals surface area contributed by atoms with Crippen molar-refractivity contribution in [3.8, 4) is 0 Å². The Morgan fingerprint density at radius 1 is 1.35 bits per heavy atom. The Balaban J connectivity index is 2.31. The summed E-state index contributed by atoms with van der Waals surface area (Å²) in [5.41, 5.74) is 7.06. The predicted octanol–water partition coefficient (Wildman–Crippen LogP) is 3.13. The molecule has 0 radical (unpaired) electrons. The lowest BCUT2D eigenvalue weighted by atomic mass is 9.82. The molecule has 0 aliphatic heterocycles. The van der Waals surface area contributed by atoms with E-state index in [1.54, 1.807) is 0 Å². The number of rotatable bonds is 3. The largest absolute Gasteiger partial charge is 0.381 e. The molecular weight excluding hydrogens is 212 g/mol. The molecule has 17 heavy (non-hydrogen) atoms. The Morgan fingerprint density at radius 3 is 2.71 bits per heavy atom. The predicted molar refractivity (Wildman–Crippen MR) is 69.8 cm³/mol. The van der Waals surface area contributed by atoms with E-state index < -0.39 is 0 Å². The summed E-state index contributed by atoms with van der Waals surface area (Å²) in [6.45, 7) is 6.60. The number of nitrogens with two attached hydrogens (primary N) is 1. The fourth-order valence-electron chi connectivity index (χ4n) is 3.10. The normalized spacial score (nSPS) is 25.4. The lowest BCUT2D eigenvalue weighted by Crippen LogP contribution is -2.25. The van der Waals surface area contributed by atoms with Crippen LogP contribution in [-0.2, 0) is 0 Å². The van der Waals surface area contributed by atoms with E-state index in [2.05, 4.69) is 35.8 Å². The number of hydrogen-bond donors (Lipinski definition) is 1. The van der Waals surface area contributed by atoms with Gasteiger partial charge in [0, 0.05) is 0 Å². The van der Waals surface area contributed by atoms with Crippen molar-refractivity contribution >= 4 is 5.82 Å². The average Bonchev–Trinajstić information content (AvgIpc) is 2.71. The number of aromatic nitrogens is 3. The molecule has 96 valence electrons. The van der Waals surface area contributed by atoms with Crippen LogP contribution in [0.2, 0.25) is 0 Å². The zero-order chi connectivity index (χ0) is 12.4. The van der Waals surface area contributed by atoms with E-state index in [0.29, 0.717) is 17.8 Å². The van der Waals surface area contributed by atoms with Crippen molar-refractivity contribution < 1.29 is 0 Å². The molecule has 0 saturated heterocycles. The summed E-state index contributed by atoms with van der Waals surface area (Å²) < 4.78 is 2.12. The monoisotopic (exact) mass is 236 g/mol. The summed E-state index contributed by atoms with van der Waals surface area (Å²) in [5, 5.41) is 8.37. The molecule has 1 aromatic rings. The van der Waals surface area contributed by atoms with Gasteiger partial charge in [0.2, 0.25) is 0 Å². The Kier molecular flexibility index (Phi) is 3.69.